The molecule has 3 aromatic rings. The lowest BCUT2D eigenvalue weighted by Gasteiger charge is -2.28. The molecule has 3 aromatic heterocycles. The van der Waals surface area contributed by atoms with Crippen LogP contribution in [0.2, 0.25) is 5.02 Å². The molecule has 2 aliphatic rings. The Bertz CT molecular complexity index is 963. The van der Waals surface area contributed by atoms with Crippen LogP contribution in [0.4, 0.5) is 17.5 Å². The number of hydrogen-bond donors (Lipinski definition) is 2. The molecule has 5 rings (SSSR count). The number of pyridine rings is 1. The van der Waals surface area contributed by atoms with Crippen LogP contribution in [0.3, 0.4) is 0 Å². The van der Waals surface area contributed by atoms with Gasteiger partial charge in [-0.05, 0) is 49.9 Å². The Labute approximate surface area is 167 Å². The van der Waals surface area contributed by atoms with Crippen LogP contribution < -0.4 is 16.0 Å². The number of anilines is 3. The molecule has 0 amide bonds. The molecule has 144 valence electrons. The number of nitrogens with two attached hydrogens (primary N) is 1. The van der Waals surface area contributed by atoms with Crippen molar-refractivity contribution < 1.29 is 0 Å². The second-order valence-corrected chi connectivity index (χ2v) is 7.82. The maximum atomic E-state index is 6.05. The Kier molecular flexibility index (Phi) is 4.37. The SMILES string of the molecule is Nc1nc(N(c2cnn(-c3ccccn3)c2)C2CC3CNCC3C2)ncc1Cl. The van der Waals surface area contributed by atoms with Gasteiger partial charge in [0.25, 0.3) is 0 Å². The van der Waals surface area contributed by atoms with Crippen LogP contribution >= 0.6 is 11.6 Å². The fourth-order valence-electron chi connectivity index (χ4n) is 4.37. The zero-order valence-corrected chi connectivity index (χ0v) is 16.0. The first-order valence-corrected chi connectivity index (χ1v) is 9.81. The van der Waals surface area contributed by atoms with E-state index in [-0.39, 0.29) is 5.82 Å². The molecule has 2 atom stereocenters. The van der Waals surface area contributed by atoms with E-state index < -0.39 is 0 Å². The topological polar surface area (TPSA) is 97.8 Å². The molecular weight excluding hydrogens is 376 g/mol. The quantitative estimate of drug-likeness (QED) is 0.698. The average Bonchev–Trinajstić information content (AvgIpc) is 3.42. The standard InChI is InChI=1S/C19H21ClN8/c20-16-10-24-19(26-18(16)21)28(14-5-12-7-22-8-13(12)6-14)15-9-25-27(11-15)17-3-1-2-4-23-17/h1-4,9-14,22H,5-8H2,(H2,21,24,26). The highest BCUT2D eigenvalue weighted by molar-refractivity contribution is 6.32. The van der Waals surface area contributed by atoms with Crippen LogP contribution in [0.15, 0.2) is 43.0 Å². The van der Waals surface area contributed by atoms with Gasteiger partial charge in [-0.15, -0.1) is 0 Å². The van der Waals surface area contributed by atoms with Crippen LogP contribution in [-0.4, -0.2) is 43.9 Å². The molecule has 0 bridgehead atoms. The number of halogens is 1. The lowest BCUT2D eigenvalue weighted by molar-refractivity contribution is 0.494. The van der Waals surface area contributed by atoms with E-state index in [1.54, 1.807) is 17.1 Å². The van der Waals surface area contributed by atoms with E-state index in [1.165, 1.54) is 0 Å². The molecule has 0 aromatic carbocycles. The smallest absolute Gasteiger partial charge is 0.232 e. The van der Waals surface area contributed by atoms with Gasteiger partial charge in [-0.25, -0.2) is 14.6 Å². The van der Waals surface area contributed by atoms with E-state index in [4.69, 9.17) is 17.3 Å². The molecule has 0 radical (unpaired) electrons. The highest BCUT2D eigenvalue weighted by Gasteiger charge is 2.41. The number of rotatable bonds is 4. The minimum Gasteiger partial charge on any atom is -0.382 e. The lowest BCUT2D eigenvalue weighted by atomic mass is 10.0. The van der Waals surface area contributed by atoms with Gasteiger partial charge in [0.05, 0.1) is 24.3 Å². The maximum Gasteiger partial charge on any atom is 0.232 e. The summed E-state index contributed by atoms with van der Waals surface area (Å²) in [5.41, 5.74) is 6.89. The van der Waals surface area contributed by atoms with Crippen molar-refractivity contribution in [1.82, 2.24) is 30.0 Å². The minimum absolute atomic E-state index is 0.286. The van der Waals surface area contributed by atoms with Crippen LogP contribution in [0.1, 0.15) is 12.8 Å². The van der Waals surface area contributed by atoms with E-state index in [0.717, 1.165) is 37.4 Å². The Morgan fingerprint density at radius 1 is 1.14 bits per heavy atom. The van der Waals surface area contributed by atoms with Gasteiger partial charge in [-0.1, -0.05) is 17.7 Å². The Balaban J connectivity index is 1.52. The fraction of sp³-hybridized carbons (Fsp3) is 0.368. The van der Waals surface area contributed by atoms with E-state index in [9.17, 15) is 0 Å². The van der Waals surface area contributed by atoms with Crippen LogP contribution in [0, 0.1) is 11.8 Å². The van der Waals surface area contributed by atoms with Gasteiger partial charge in [0, 0.05) is 12.2 Å². The van der Waals surface area contributed by atoms with Gasteiger partial charge in [0.15, 0.2) is 5.82 Å². The molecule has 1 saturated heterocycles. The Hall–Kier alpha value is -2.71. The summed E-state index contributed by atoms with van der Waals surface area (Å²) in [4.78, 5) is 15.5. The normalized spacial score (nSPS) is 23.7. The maximum absolute atomic E-state index is 6.05. The first-order valence-electron chi connectivity index (χ1n) is 9.43. The zero-order chi connectivity index (χ0) is 19.1. The number of aromatic nitrogens is 5. The first kappa shape index (κ1) is 17.4. The first-order chi connectivity index (χ1) is 13.7. The van der Waals surface area contributed by atoms with Crippen LogP contribution in [0.5, 0.6) is 0 Å². The van der Waals surface area contributed by atoms with E-state index in [0.29, 0.717) is 28.8 Å². The number of hydrogen-bond acceptors (Lipinski definition) is 7. The largest absolute Gasteiger partial charge is 0.382 e. The third-order valence-corrected chi connectivity index (χ3v) is 5.99. The molecule has 4 heterocycles. The van der Waals surface area contributed by atoms with Crippen molar-refractivity contribution in [1.29, 1.82) is 0 Å². The summed E-state index contributed by atoms with van der Waals surface area (Å²) in [5, 5.41) is 8.36. The molecule has 1 aliphatic heterocycles. The zero-order valence-electron chi connectivity index (χ0n) is 15.2. The molecule has 3 N–H and O–H groups in total. The van der Waals surface area contributed by atoms with Crippen molar-refractivity contribution in [2.45, 2.75) is 18.9 Å². The van der Waals surface area contributed by atoms with Crippen molar-refractivity contribution in [2.75, 3.05) is 23.7 Å². The summed E-state index contributed by atoms with van der Waals surface area (Å²) in [5.74, 6) is 2.97. The molecular formula is C19H21ClN8. The summed E-state index contributed by atoms with van der Waals surface area (Å²) in [6.45, 7) is 2.15. The summed E-state index contributed by atoms with van der Waals surface area (Å²) < 4.78 is 1.76. The Morgan fingerprint density at radius 2 is 1.96 bits per heavy atom. The monoisotopic (exact) mass is 396 g/mol. The Morgan fingerprint density at radius 3 is 2.68 bits per heavy atom. The molecule has 2 unspecified atom stereocenters. The number of nitrogens with one attached hydrogen (secondary N) is 1. The molecule has 8 nitrogen and oxygen atoms in total. The summed E-state index contributed by atoms with van der Waals surface area (Å²) in [6, 6.07) is 6.04. The number of nitrogen functional groups attached to an aromatic ring is 1. The summed E-state index contributed by atoms with van der Waals surface area (Å²) in [6.07, 6.45) is 9.27. The van der Waals surface area contributed by atoms with Crippen LogP contribution in [-0.2, 0) is 0 Å². The molecule has 28 heavy (non-hydrogen) atoms. The van der Waals surface area contributed by atoms with Gasteiger partial charge in [0.1, 0.15) is 10.8 Å². The second kappa shape index (κ2) is 7.03. The van der Waals surface area contributed by atoms with Crippen molar-refractivity contribution >= 4 is 29.1 Å². The lowest BCUT2D eigenvalue weighted by Crippen LogP contribution is -2.32. The van der Waals surface area contributed by atoms with Gasteiger partial charge in [-0.3, -0.25) is 0 Å². The fourth-order valence-corrected chi connectivity index (χ4v) is 4.46. The van der Waals surface area contributed by atoms with Gasteiger partial charge in [0.2, 0.25) is 5.95 Å². The number of fused-ring (bicyclic) bond motifs is 1. The summed E-state index contributed by atoms with van der Waals surface area (Å²) >= 11 is 6.05. The average molecular weight is 397 g/mol. The highest BCUT2D eigenvalue weighted by Crippen LogP contribution is 2.41. The summed E-state index contributed by atoms with van der Waals surface area (Å²) in [7, 11) is 0. The van der Waals surface area contributed by atoms with Crippen molar-refractivity contribution in [3.63, 3.8) is 0 Å². The molecule has 0 spiro atoms. The van der Waals surface area contributed by atoms with Gasteiger partial charge < -0.3 is 16.0 Å². The van der Waals surface area contributed by atoms with E-state index >= 15 is 0 Å². The third kappa shape index (κ3) is 3.08. The molecule has 1 aliphatic carbocycles. The van der Waals surface area contributed by atoms with Crippen molar-refractivity contribution in [3.05, 3.63) is 48.0 Å². The minimum atomic E-state index is 0.286. The molecule has 9 heteroatoms. The van der Waals surface area contributed by atoms with Crippen LogP contribution in [0.25, 0.3) is 5.82 Å². The van der Waals surface area contributed by atoms with Gasteiger partial charge in [-0.2, -0.15) is 10.1 Å². The predicted molar refractivity (Wildman–Crippen MR) is 108 cm³/mol. The highest BCUT2D eigenvalue weighted by atomic mass is 35.5. The molecule has 1 saturated carbocycles. The van der Waals surface area contributed by atoms with Crippen molar-refractivity contribution in [2.24, 2.45) is 11.8 Å². The third-order valence-electron chi connectivity index (χ3n) is 5.70. The van der Waals surface area contributed by atoms with Crippen molar-refractivity contribution in [3.8, 4) is 5.82 Å². The number of nitrogens with zero attached hydrogens (tertiary/aromatic N) is 6. The predicted octanol–water partition coefficient (Wildman–Crippen LogP) is 2.43. The van der Waals surface area contributed by atoms with Gasteiger partial charge >= 0.3 is 0 Å². The van der Waals surface area contributed by atoms with E-state index in [2.05, 4.69) is 30.3 Å². The molecule has 2 fully saturated rings. The van der Waals surface area contributed by atoms with E-state index in [1.807, 2.05) is 30.6 Å². The second-order valence-electron chi connectivity index (χ2n) is 7.41.